The number of hydrogen-bond donors (Lipinski definition) is 1. The normalized spacial score (nSPS) is 12.6. The van der Waals surface area contributed by atoms with Crippen molar-refractivity contribution < 1.29 is 21.6 Å². The van der Waals surface area contributed by atoms with Crippen LogP contribution in [0.3, 0.4) is 0 Å². The fraction of sp³-hybridized carbons (Fsp3) is 0.0556. The first-order valence-corrected chi connectivity index (χ1v) is 9.23. The van der Waals surface area contributed by atoms with Crippen LogP contribution in [0.15, 0.2) is 65.6 Å². The van der Waals surface area contributed by atoms with Gasteiger partial charge in [-0.3, -0.25) is 0 Å². The second-order valence-electron chi connectivity index (χ2n) is 5.65. The molecule has 27 heavy (non-hydrogen) atoms. The molecule has 0 amide bonds. The molecule has 2 N–H and O–H groups in total. The van der Waals surface area contributed by atoms with Gasteiger partial charge in [0.25, 0.3) is 0 Å². The maximum Gasteiger partial charge on any atom is 0.435 e. The van der Waals surface area contributed by atoms with E-state index in [9.17, 15) is 21.6 Å². The Morgan fingerprint density at radius 3 is 2.15 bits per heavy atom. The molecule has 0 aliphatic heterocycles. The largest absolute Gasteiger partial charge is 0.435 e. The monoisotopic (exact) mass is 393 g/mol. The van der Waals surface area contributed by atoms with Crippen LogP contribution in [-0.2, 0) is 16.2 Å². The highest BCUT2D eigenvalue weighted by Gasteiger charge is 2.34. The quantitative estimate of drug-likeness (QED) is 0.734. The Kier molecular flexibility index (Phi) is 4.90. The SMILES string of the molecule is NS(=O)(=O)c1ccc(-n2nc(C(F)(F)F)cc2/C=C/c2ccccc2)cc1. The Morgan fingerprint density at radius 2 is 1.59 bits per heavy atom. The number of hydrogen-bond acceptors (Lipinski definition) is 3. The summed E-state index contributed by atoms with van der Waals surface area (Å²) in [5.74, 6) is 0. The van der Waals surface area contributed by atoms with Crippen molar-refractivity contribution in [1.29, 1.82) is 0 Å². The van der Waals surface area contributed by atoms with Crippen LogP contribution >= 0.6 is 0 Å². The topological polar surface area (TPSA) is 78.0 Å². The van der Waals surface area contributed by atoms with Crippen LogP contribution < -0.4 is 5.14 Å². The summed E-state index contributed by atoms with van der Waals surface area (Å²) < 4.78 is 63.0. The van der Waals surface area contributed by atoms with Gasteiger partial charge in [-0.05, 0) is 42.0 Å². The molecule has 0 unspecified atom stereocenters. The van der Waals surface area contributed by atoms with E-state index in [1.54, 1.807) is 6.08 Å². The van der Waals surface area contributed by atoms with E-state index in [2.05, 4.69) is 5.10 Å². The average Bonchev–Trinajstić information content (AvgIpc) is 3.05. The molecule has 3 rings (SSSR count). The van der Waals surface area contributed by atoms with Crippen molar-refractivity contribution >= 4 is 22.2 Å². The molecule has 0 fully saturated rings. The van der Waals surface area contributed by atoms with Crippen molar-refractivity contribution in [1.82, 2.24) is 9.78 Å². The Bertz CT molecular complexity index is 1070. The van der Waals surface area contributed by atoms with E-state index in [0.717, 1.165) is 16.3 Å². The fourth-order valence-electron chi connectivity index (χ4n) is 2.38. The lowest BCUT2D eigenvalue weighted by Gasteiger charge is -2.06. The van der Waals surface area contributed by atoms with Gasteiger partial charge in [-0.2, -0.15) is 18.3 Å². The number of primary sulfonamides is 1. The summed E-state index contributed by atoms with van der Waals surface area (Å²) in [5, 5.41) is 8.65. The number of aromatic nitrogens is 2. The smallest absolute Gasteiger partial charge is 0.233 e. The number of benzene rings is 2. The molecule has 0 spiro atoms. The molecule has 1 heterocycles. The highest BCUT2D eigenvalue weighted by Crippen LogP contribution is 2.30. The van der Waals surface area contributed by atoms with E-state index < -0.39 is 21.9 Å². The molecule has 3 aromatic rings. The number of sulfonamides is 1. The van der Waals surface area contributed by atoms with Gasteiger partial charge in [0.2, 0.25) is 10.0 Å². The van der Waals surface area contributed by atoms with Crippen LogP contribution in [-0.4, -0.2) is 18.2 Å². The minimum atomic E-state index is -4.61. The Labute approximate surface area is 153 Å². The zero-order valence-electron chi connectivity index (χ0n) is 13.8. The lowest BCUT2D eigenvalue weighted by Crippen LogP contribution is -2.12. The second kappa shape index (κ2) is 7.01. The summed E-state index contributed by atoms with van der Waals surface area (Å²) >= 11 is 0. The van der Waals surface area contributed by atoms with Crippen LogP contribution in [0.4, 0.5) is 13.2 Å². The van der Waals surface area contributed by atoms with Gasteiger partial charge in [-0.15, -0.1) is 0 Å². The predicted octanol–water partition coefficient (Wildman–Crippen LogP) is 3.71. The molecule has 9 heteroatoms. The van der Waals surface area contributed by atoms with Gasteiger partial charge in [-0.25, -0.2) is 18.2 Å². The zero-order valence-corrected chi connectivity index (χ0v) is 14.6. The summed E-state index contributed by atoms with van der Waals surface area (Å²) in [7, 11) is -3.90. The molecule has 0 atom stereocenters. The molecule has 5 nitrogen and oxygen atoms in total. The molecule has 0 aliphatic carbocycles. The Hall–Kier alpha value is -2.91. The molecule has 0 radical (unpaired) electrons. The van der Waals surface area contributed by atoms with Crippen molar-refractivity contribution in [2.45, 2.75) is 11.1 Å². The number of rotatable bonds is 4. The van der Waals surface area contributed by atoms with Crippen LogP contribution in [0.2, 0.25) is 0 Å². The van der Waals surface area contributed by atoms with Gasteiger partial charge in [0.15, 0.2) is 5.69 Å². The van der Waals surface area contributed by atoms with Crippen molar-refractivity contribution in [3.8, 4) is 5.69 Å². The lowest BCUT2D eigenvalue weighted by molar-refractivity contribution is -0.141. The van der Waals surface area contributed by atoms with E-state index >= 15 is 0 Å². The van der Waals surface area contributed by atoms with Crippen molar-refractivity contribution in [3.63, 3.8) is 0 Å². The number of alkyl halides is 3. The Morgan fingerprint density at radius 1 is 0.963 bits per heavy atom. The minimum absolute atomic E-state index is 0.143. The van der Waals surface area contributed by atoms with E-state index in [-0.39, 0.29) is 16.3 Å². The summed E-state index contributed by atoms with van der Waals surface area (Å²) in [5.41, 5.74) is 0.217. The van der Waals surface area contributed by atoms with Crippen LogP contribution in [0.1, 0.15) is 17.0 Å². The van der Waals surface area contributed by atoms with Gasteiger partial charge in [0.05, 0.1) is 16.3 Å². The third-order valence-electron chi connectivity index (χ3n) is 3.68. The molecule has 2 aromatic carbocycles. The molecule has 0 aliphatic rings. The first-order valence-electron chi connectivity index (χ1n) is 7.68. The third kappa shape index (κ3) is 4.44. The van der Waals surface area contributed by atoms with Gasteiger partial charge in [0.1, 0.15) is 0 Å². The van der Waals surface area contributed by atoms with Crippen LogP contribution in [0, 0.1) is 0 Å². The zero-order chi connectivity index (χ0) is 19.7. The molecular weight excluding hydrogens is 379 g/mol. The highest BCUT2D eigenvalue weighted by atomic mass is 32.2. The van der Waals surface area contributed by atoms with Crippen LogP contribution in [0.5, 0.6) is 0 Å². The molecule has 0 saturated heterocycles. The summed E-state index contributed by atoms with van der Waals surface area (Å²) in [6.07, 6.45) is -1.45. The van der Waals surface area contributed by atoms with Crippen LogP contribution in [0.25, 0.3) is 17.8 Å². The predicted molar refractivity (Wildman–Crippen MR) is 95.3 cm³/mol. The summed E-state index contributed by atoms with van der Waals surface area (Å²) in [6, 6.07) is 15.1. The molecular formula is C18H14F3N3O2S. The second-order valence-corrected chi connectivity index (χ2v) is 7.21. The van der Waals surface area contributed by atoms with E-state index in [1.807, 2.05) is 30.3 Å². The molecule has 0 bridgehead atoms. The average molecular weight is 393 g/mol. The number of nitrogens with zero attached hydrogens (tertiary/aromatic N) is 2. The van der Waals surface area contributed by atoms with Gasteiger partial charge < -0.3 is 0 Å². The van der Waals surface area contributed by atoms with Gasteiger partial charge in [0, 0.05) is 0 Å². The van der Waals surface area contributed by atoms with E-state index in [1.165, 1.54) is 30.3 Å². The minimum Gasteiger partial charge on any atom is -0.233 e. The fourth-order valence-corrected chi connectivity index (χ4v) is 2.90. The maximum absolute atomic E-state index is 13.1. The highest BCUT2D eigenvalue weighted by molar-refractivity contribution is 7.89. The standard InChI is InChI=1S/C18H14F3N3O2S/c19-18(20,21)17-12-15(7-6-13-4-2-1-3-5-13)24(23-17)14-8-10-16(11-9-14)27(22,25)26/h1-12H,(H2,22,25,26)/b7-6+. The first kappa shape index (κ1) is 18.9. The molecule has 1 aromatic heterocycles. The Balaban J connectivity index is 2.05. The first-order chi connectivity index (χ1) is 12.6. The van der Waals surface area contributed by atoms with E-state index in [4.69, 9.17) is 5.14 Å². The molecule has 0 saturated carbocycles. The van der Waals surface area contributed by atoms with Crippen molar-refractivity contribution in [3.05, 3.63) is 77.6 Å². The molecule has 140 valence electrons. The van der Waals surface area contributed by atoms with Gasteiger partial charge >= 0.3 is 6.18 Å². The number of halogens is 3. The lowest BCUT2D eigenvalue weighted by atomic mass is 10.2. The number of nitrogens with two attached hydrogens (primary N) is 1. The van der Waals surface area contributed by atoms with E-state index in [0.29, 0.717) is 0 Å². The van der Waals surface area contributed by atoms with Crippen molar-refractivity contribution in [2.24, 2.45) is 5.14 Å². The summed E-state index contributed by atoms with van der Waals surface area (Å²) in [6.45, 7) is 0. The maximum atomic E-state index is 13.1. The van der Waals surface area contributed by atoms with Gasteiger partial charge in [-0.1, -0.05) is 36.4 Å². The third-order valence-corrected chi connectivity index (χ3v) is 4.61. The van der Waals surface area contributed by atoms with Crippen molar-refractivity contribution in [2.75, 3.05) is 0 Å². The summed E-state index contributed by atoms with van der Waals surface area (Å²) in [4.78, 5) is -0.143.